The van der Waals surface area contributed by atoms with Crippen LogP contribution in [0, 0.1) is 5.92 Å². The summed E-state index contributed by atoms with van der Waals surface area (Å²) in [6.07, 6.45) is -0.189. The van der Waals surface area contributed by atoms with Crippen LogP contribution in [0.25, 0.3) is 16.6 Å². The Balaban J connectivity index is 1.41. The summed E-state index contributed by atoms with van der Waals surface area (Å²) in [5, 5.41) is 19.6. The zero-order chi connectivity index (χ0) is 28.7. The van der Waals surface area contributed by atoms with Gasteiger partial charge in [0.15, 0.2) is 0 Å². The van der Waals surface area contributed by atoms with Crippen LogP contribution in [-0.4, -0.2) is 38.2 Å². The molecule has 4 heterocycles. The molecule has 3 aliphatic heterocycles. The van der Waals surface area contributed by atoms with Crippen molar-refractivity contribution < 1.29 is 14.7 Å². The number of rotatable bonds is 4. The SMILES string of the molecule is CC(C)C[C@]1(C)N[C@H]2N(C1=O)c1ccccc1[C@@]2(O)C[C@@H]1NC(=O)c2ccccc2-n2c1nc1ccccc1c2=O. The van der Waals surface area contributed by atoms with E-state index in [2.05, 4.69) is 24.5 Å². The van der Waals surface area contributed by atoms with Gasteiger partial charge in [-0.2, -0.15) is 0 Å². The average Bonchev–Trinajstić information content (AvgIpc) is 3.30. The number of aliphatic hydroxyl groups is 1. The molecule has 1 saturated heterocycles. The average molecular weight is 550 g/mol. The Bertz CT molecular complexity index is 1820. The number of carbonyl (C=O) groups excluding carboxylic acids is 2. The van der Waals surface area contributed by atoms with E-state index in [1.165, 1.54) is 4.57 Å². The van der Waals surface area contributed by atoms with Gasteiger partial charge in [-0.15, -0.1) is 0 Å². The quantitative estimate of drug-likeness (QED) is 0.359. The van der Waals surface area contributed by atoms with E-state index in [4.69, 9.17) is 4.98 Å². The Hall–Kier alpha value is -4.34. The zero-order valence-corrected chi connectivity index (χ0v) is 23.1. The maximum atomic E-state index is 13.9. The highest BCUT2D eigenvalue weighted by Crippen LogP contribution is 2.51. The van der Waals surface area contributed by atoms with Crippen LogP contribution in [0.1, 0.15) is 61.4 Å². The number of hydrogen-bond acceptors (Lipinski definition) is 6. The number of amides is 2. The van der Waals surface area contributed by atoms with Crippen molar-refractivity contribution in [1.82, 2.24) is 20.2 Å². The first-order chi connectivity index (χ1) is 19.6. The summed E-state index contributed by atoms with van der Waals surface area (Å²) < 4.78 is 1.48. The van der Waals surface area contributed by atoms with Crippen LogP contribution >= 0.6 is 0 Å². The van der Waals surface area contributed by atoms with Crippen molar-refractivity contribution in [2.45, 2.75) is 57.0 Å². The lowest BCUT2D eigenvalue weighted by Gasteiger charge is -2.35. The number of benzene rings is 3. The second kappa shape index (κ2) is 8.83. The molecule has 3 aliphatic rings. The van der Waals surface area contributed by atoms with E-state index >= 15 is 0 Å². The summed E-state index contributed by atoms with van der Waals surface area (Å²) >= 11 is 0. The maximum absolute atomic E-state index is 13.9. The fourth-order valence-electron chi connectivity index (χ4n) is 7.01. The van der Waals surface area contributed by atoms with E-state index in [1.54, 1.807) is 47.4 Å². The first kappa shape index (κ1) is 25.6. The molecule has 208 valence electrons. The van der Waals surface area contributed by atoms with Gasteiger partial charge in [-0.25, -0.2) is 4.98 Å². The number of para-hydroxylation sites is 3. The standard InChI is InChI=1S/C32H31N5O4/c1-18(2)16-31(3)30(40)37-25-15-9-6-12-21(25)32(41,29(37)35-31)17-23-26-33-22-13-7-4-10-19(22)28(39)36(26)24-14-8-5-11-20(24)27(38)34-23/h4-15,18,23,29,35,41H,16-17H2,1-3H3,(H,34,38)/t23-,29-,31-,32-/m0/s1. The lowest BCUT2D eigenvalue weighted by molar-refractivity contribution is -0.122. The Morgan fingerprint density at radius 2 is 1.63 bits per heavy atom. The number of carbonyl (C=O) groups is 2. The van der Waals surface area contributed by atoms with Crippen LogP contribution in [0.4, 0.5) is 5.69 Å². The highest BCUT2D eigenvalue weighted by molar-refractivity contribution is 6.05. The van der Waals surface area contributed by atoms with Gasteiger partial charge in [-0.1, -0.05) is 56.3 Å². The van der Waals surface area contributed by atoms with Crippen molar-refractivity contribution in [3.05, 3.63) is 100 Å². The van der Waals surface area contributed by atoms with Gasteiger partial charge in [0.2, 0.25) is 5.91 Å². The van der Waals surface area contributed by atoms with Crippen molar-refractivity contribution in [3.8, 4) is 5.69 Å². The fraction of sp³-hybridized carbons (Fsp3) is 0.312. The third-order valence-electron chi connectivity index (χ3n) is 8.63. The Morgan fingerprint density at radius 1 is 0.951 bits per heavy atom. The minimum Gasteiger partial charge on any atom is -0.381 e. The number of anilines is 1. The van der Waals surface area contributed by atoms with E-state index in [9.17, 15) is 19.5 Å². The summed E-state index contributed by atoms with van der Waals surface area (Å²) in [7, 11) is 0. The first-order valence-corrected chi connectivity index (χ1v) is 14.0. The highest BCUT2D eigenvalue weighted by Gasteiger charge is 2.62. The van der Waals surface area contributed by atoms with Gasteiger partial charge in [0.05, 0.1) is 39.4 Å². The van der Waals surface area contributed by atoms with Gasteiger partial charge in [0, 0.05) is 12.0 Å². The smallest absolute Gasteiger partial charge is 0.266 e. The Kier molecular flexibility index (Phi) is 5.52. The zero-order valence-electron chi connectivity index (χ0n) is 23.1. The maximum Gasteiger partial charge on any atom is 0.266 e. The van der Waals surface area contributed by atoms with E-state index < -0.39 is 23.3 Å². The van der Waals surface area contributed by atoms with Crippen LogP contribution in [0.5, 0.6) is 0 Å². The molecule has 0 radical (unpaired) electrons. The minimum atomic E-state index is -1.59. The van der Waals surface area contributed by atoms with Crippen LogP contribution in [0.3, 0.4) is 0 Å². The summed E-state index contributed by atoms with van der Waals surface area (Å²) in [6.45, 7) is 6.00. The van der Waals surface area contributed by atoms with Crippen molar-refractivity contribution in [1.29, 1.82) is 0 Å². The fourth-order valence-corrected chi connectivity index (χ4v) is 7.01. The minimum absolute atomic E-state index is 0.0201. The van der Waals surface area contributed by atoms with Crippen molar-refractivity contribution in [3.63, 3.8) is 0 Å². The molecule has 3 aromatic carbocycles. The molecule has 4 aromatic rings. The van der Waals surface area contributed by atoms with Crippen molar-refractivity contribution in [2.24, 2.45) is 5.92 Å². The van der Waals surface area contributed by atoms with Gasteiger partial charge < -0.3 is 10.4 Å². The molecule has 9 nitrogen and oxygen atoms in total. The summed E-state index contributed by atoms with van der Waals surface area (Å²) in [6, 6.07) is 20.5. The van der Waals surface area contributed by atoms with E-state index in [0.717, 1.165) is 0 Å². The molecule has 1 aromatic heterocycles. The molecule has 2 amide bonds. The van der Waals surface area contributed by atoms with Crippen LogP contribution < -0.4 is 21.1 Å². The van der Waals surface area contributed by atoms with Crippen molar-refractivity contribution >= 4 is 28.4 Å². The monoisotopic (exact) mass is 549 g/mol. The van der Waals surface area contributed by atoms with Gasteiger partial charge in [0.1, 0.15) is 17.6 Å². The van der Waals surface area contributed by atoms with Gasteiger partial charge in [-0.3, -0.25) is 29.2 Å². The van der Waals surface area contributed by atoms with E-state index in [1.807, 2.05) is 37.3 Å². The molecular weight excluding hydrogens is 518 g/mol. The number of aromatic nitrogens is 2. The molecule has 3 N–H and O–H groups in total. The lowest BCUT2D eigenvalue weighted by atomic mass is 9.84. The molecule has 0 saturated carbocycles. The number of fused-ring (bicyclic) bond motifs is 7. The van der Waals surface area contributed by atoms with E-state index in [-0.39, 0.29) is 29.7 Å². The summed E-state index contributed by atoms with van der Waals surface area (Å²) in [5.74, 6) is 0.102. The predicted molar refractivity (Wildman–Crippen MR) is 155 cm³/mol. The Labute approximate surface area is 236 Å². The molecule has 4 atom stereocenters. The third kappa shape index (κ3) is 3.62. The molecule has 1 fully saturated rings. The molecule has 0 aliphatic carbocycles. The van der Waals surface area contributed by atoms with Crippen molar-refractivity contribution in [2.75, 3.05) is 4.90 Å². The lowest BCUT2D eigenvalue weighted by Crippen LogP contribution is -2.53. The van der Waals surface area contributed by atoms with E-state index in [0.29, 0.717) is 45.6 Å². The topological polar surface area (TPSA) is 117 Å². The second-order valence-corrected chi connectivity index (χ2v) is 12.0. The number of nitrogens with one attached hydrogen (secondary N) is 2. The largest absolute Gasteiger partial charge is 0.381 e. The normalized spacial score (nSPS) is 26.4. The second-order valence-electron chi connectivity index (χ2n) is 12.0. The molecule has 41 heavy (non-hydrogen) atoms. The molecule has 0 bridgehead atoms. The third-order valence-corrected chi connectivity index (χ3v) is 8.63. The predicted octanol–water partition coefficient (Wildman–Crippen LogP) is 3.53. The molecular formula is C32H31N5O4. The van der Waals surface area contributed by atoms with Crippen LogP contribution in [0.15, 0.2) is 77.6 Å². The summed E-state index contributed by atoms with van der Waals surface area (Å²) in [5.41, 5.74) is -0.254. The Morgan fingerprint density at radius 3 is 2.41 bits per heavy atom. The number of nitrogens with zero attached hydrogens (tertiary/aromatic N) is 3. The first-order valence-electron chi connectivity index (χ1n) is 14.0. The highest BCUT2D eigenvalue weighted by atomic mass is 16.3. The number of hydrogen-bond donors (Lipinski definition) is 3. The molecule has 0 spiro atoms. The molecule has 9 heteroatoms. The summed E-state index contributed by atoms with van der Waals surface area (Å²) in [4.78, 5) is 47.9. The van der Waals surface area contributed by atoms with Gasteiger partial charge in [0.25, 0.3) is 11.5 Å². The van der Waals surface area contributed by atoms with Gasteiger partial charge in [-0.05, 0) is 49.6 Å². The van der Waals surface area contributed by atoms with Gasteiger partial charge >= 0.3 is 0 Å². The molecule has 7 rings (SSSR count). The molecule has 0 unspecified atom stereocenters. The van der Waals surface area contributed by atoms with Crippen LogP contribution in [-0.2, 0) is 10.4 Å². The van der Waals surface area contributed by atoms with Crippen LogP contribution in [0.2, 0.25) is 0 Å².